The van der Waals surface area contributed by atoms with Crippen molar-refractivity contribution in [2.75, 3.05) is 11.4 Å². The van der Waals surface area contributed by atoms with Gasteiger partial charge in [-0.25, -0.2) is 0 Å². The van der Waals surface area contributed by atoms with Crippen LogP contribution in [-0.4, -0.2) is 23.5 Å². The number of carbonyl (C=O) groups excluding carboxylic acids is 1. The number of phenols is 1. The van der Waals surface area contributed by atoms with Gasteiger partial charge < -0.3 is 10.0 Å². The van der Waals surface area contributed by atoms with E-state index in [1.165, 1.54) is 39.0 Å². The van der Waals surface area contributed by atoms with Crippen molar-refractivity contribution in [2.45, 2.75) is 45.1 Å². The van der Waals surface area contributed by atoms with E-state index in [1.807, 2.05) is 6.07 Å². The molecule has 0 amide bonds. The van der Waals surface area contributed by atoms with Crippen LogP contribution in [0.3, 0.4) is 0 Å². The summed E-state index contributed by atoms with van der Waals surface area (Å²) in [6.07, 6.45) is 6.55. The lowest BCUT2D eigenvalue weighted by molar-refractivity contribution is 0.101. The number of Topliss-reactive ketones (excluding diaryl/α,β-unsaturated/α-hetero) is 1. The first-order valence-electron chi connectivity index (χ1n) is 7.27. The molecule has 1 N–H and O–H groups in total. The number of carbonyl (C=O) groups is 1. The molecule has 0 spiro atoms. The lowest BCUT2D eigenvalue weighted by Gasteiger charge is -2.33. The van der Waals surface area contributed by atoms with Crippen molar-refractivity contribution in [3.63, 3.8) is 0 Å². The van der Waals surface area contributed by atoms with Crippen LogP contribution in [0.1, 0.15) is 49.4 Å². The fourth-order valence-corrected chi connectivity index (χ4v) is 3.72. The van der Waals surface area contributed by atoms with Crippen molar-refractivity contribution in [2.24, 2.45) is 5.92 Å². The van der Waals surface area contributed by atoms with E-state index in [0.29, 0.717) is 11.6 Å². The molecule has 0 radical (unpaired) electrons. The van der Waals surface area contributed by atoms with Crippen LogP contribution >= 0.6 is 0 Å². The quantitative estimate of drug-likeness (QED) is 0.828. The summed E-state index contributed by atoms with van der Waals surface area (Å²) in [4.78, 5) is 13.8. The number of hydrogen-bond donors (Lipinski definition) is 1. The predicted molar refractivity (Wildman–Crippen MR) is 75.8 cm³/mol. The van der Waals surface area contributed by atoms with E-state index in [4.69, 9.17) is 0 Å². The lowest BCUT2D eigenvalue weighted by atomic mass is 9.85. The summed E-state index contributed by atoms with van der Waals surface area (Å²) >= 11 is 0. The molecular weight excluding hydrogens is 238 g/mol. The van der Waals surface area contributed by atoms with Crippen LogP contribution < -0.4 is 4.90 Å². The van der Waals surface area contributed by atoms with Gasteiger partial charge in [0.2, 0.25) is 0 Å². The molecule has 1 heterocycles. The van der Waals surface area contributed by atoms with Gasteiger partial charge in [-0.3, -0.25) is 4.79 Å². The highest BCUT2D eigenvalue weighted by atomic mass is 16.3. The molecule has 1 saturated carbocycles. The molecule has 2 aliphatic rings. The second-order valence-electron chi connectivity index (χ2n) is 5.85. The minimum Gasteiger partial charge on any atom is -0.507 e. The van der Waals surface area contributed by atoms with E-state index in [1.54, 1.807) is 12.1 Å². The van der Waals surface area contributed by atoms with Crippen LogP contribution in [0.4, 0.5) is 5.69 Å². The molecule has 1 aromatic carbocycles. The predicted octanol–water partition coefficient (Wildman–Crippen LogP) is 3.36. The zero-order chi connectivity index (χ0) is 13.4. The largest absolute Gasteiger partial charge is 0.507 e. The zero-order valence-electron chi connectivity index (χ0n) is 11.4. The summed E-state index contributed by atoms with van der Waals surface area (Å²) in [5, 5.41) is 9.97. The first kappa shape index (κ1) is 12.5. The molecule has 2 unspecified atom stereocenters. The van der Waals surface area contributed by atoms with Crippen LogP contribution in [0.25, 0.3) is 0 Å². The molecule has 1 saturated heterocycles. The summed E-state index contributed by atoms with van der Waals surface area (Å²) in [5.41, 5.74) is 1.49. The first-order valence-corrected chi connectivity index (χ1v) is 7.27. The average Bonchev–Trinajstić information content (AvgIpc) is 2.82. The van der Waals surface area contributed by atoms with Gasteiger partial charge >= 0.3 is 0 Å². The fourth-order valence-electron chi connectivity index (χ4n) is 3.72. The second-order valence-corrected chi connectivity index (χ2v) is 5.85. The highest BCUT2D eigenvalue weighted by molar-refractivity contribution is 5.97. The van der Waals surface area contributed by atoms with Crippen molar-refractivity contribution in [1.29, 1.82) is 0 Å². The topological polar surface area (TPSA) is 40.5 Å². The Hall–Kier alpha value is -1.51. The van der Waals surface area contributed by atoms with Crippen molar-refractivity contribution >= 4 is 11.5 Å². The molecule has 3 nitrogen and oxygen atoms in total. The van der Waals surface area contributed by atoms with E-state index in [2.05, 4.69) is 4.90 Å². The molecule has 3 rings (SSSR count). The van der Waals surface area contributed by atoms with Gasteiger partial charge in [-0.15, -0.1) is 0 Å². The van der Waals surface area contributed by atoms with Crippen LogP contribution in [0.5, 0.6) is 5.75 Å². The number of aromatic hydroxyl groups is 1. The van der Waals surface area contributed by atoms with Crippen LogP contribution in [0.15, 0.2) is 18.2 Å². The number of phenolic OH excluding ortho intramolecular Hbond substituents is 1. The van der Waals surface area contributed by atoms with E-state index >= 15 is 0 Å². The van der Waals surface area contributed by atoms with Gasteiger partial charge in [0.05, 0.1) is 5.56 Å². The number of fused-ring (bicyclic) bond motifs is 1. The number of nitrogens with zero attached hydrogens (tertiary/aromatic N) is 1. The molecule has 1 aliphatic heterocycles. The maximum atomic E-state index is 11.4. The monoisotopic (exact) mass is 259 g/mol. The normalized spacial score (nSPS) is 26.3. The maximum absolute atomic E-state index is 11.4. The van der Waals surface area contributed by atoms with Crippen molar-refractivity contribution in [3.8, 4) is 5.75 Å². The Morgan fingerprint density at radius 2 is 2.05 bits per heavy atom. The Labute approximate surface area is 114 Å². The van der Waals surface area contributed by atoms with Crippen LogP contribution in [-0.2, 0) is 0 Å². The fraction of sp³-hybridized carbons (Fsp3) is 0.562. The average molecular weight is 259 g/mol. The van der Waals surface area contributed by atoms with Gasteiger partial charge in [-0.2, -0.15) is 0 Å². The van der Waals surface area contributed by atoms with E-state index < -0.39 is 0 Å². The Morgan fingerprint density at radius 1 is 1.26 bits per heavy atom. The molecular formula is C16H21NO2. The maximum Gasteiger partial charge on any atom is 0.163 e. The number of hydrogen-bond acceptors (Lipinski definition) is 3. The van der Waals surface area contributed by atoms with Gasteiger partial charge in [-0.05, 0) is 44.2 Å². The first-order chi connectivity index (χ1) is 9.16. The molecule has 102 valence electrons. The van der Waals surface area contributed by atoms with Crippen LogP contribution in [0, 0.1) is 5.92 Å². The van der Waals surface area contributed by atoms with Crippen molar-refractivity contribution < 1.29 is 9.90 Å². The zero-order valence-corrected chi connectivity index (χ0v) is 11.4. The number of benzene rings is 1. The Bertz CT molecular complexity index is 498. The van der Waals surface area contributed by atoms with Crippen molar-refractivity contribution in [1.82, 2.24) is 0 Å². The number of anilines is 1. The van der Waals surface area contributed by atoms with Crippen molar-refractivity contribution in [3.05, 3.63) is 23.8 Å². The molecule has 0 bridgehead atoms. The van der Waals surface area contributed by atoms with Gasteiger partial charge in [-0.1, -0.05) is 12.8 Å². The Morgan fingerprint density at radius 3 is 2.79 bits per heavy atom. The van der Waals surface area contributed by atoms with Crippen LogP contribution in [0.2, 0.25) is 0 Å². The lowest BCUT2D eigenvalue weighted by Crippen LogP contribution is -2.34. The number of ketones is 1. The molecule has 2 fully saturated rings. The molecule has 3 heteroatoms. The summed E-state index contributed by atoms with van der Waals surface area (Å²) < 4.78 is 0. The second kappa shape index (κ2) is 4.87. The Balaban J connectivity index is 1.86. The van der Waals surface area contributed by atoms with Gasteiger partial charge in [0, 0.05) is 24.3 Å². The molecule has 1 aliphatic carbocycles. The summed E-state index contributed by atoms with van der Waals surface area (Å²) in [6.45, 7) is 2.57. The third-order valence-corrected chi connectivity index (χ3v) is 4.70. The SMILES string of the molecule is CC(=O)c1ccc(N2CCC3CCCCC32)cc1O. The minimum absolute atomic E-state index is 0.0824. The summed E-state index contributed by atoms with van der Waals surface area (Å²) in [7, 11) is 0. The van der Waals surface area contributed by atoms with E-state index in [-0.39, 0.29) is 11.5 Å². The minimum atomic E-state index is -0.0824. The molecule has 19 heavy (non-hydrogen) atoms. The standard InChI is InChI=1S/C16H21NO2/c1-11(18)14-7-6-13(10-16(14)19)17-9-8-12-4-2-3-5-15(12)17/h6-7,10,12,15,19H,2-5,8-9H2,1H3. The highest BCUT2D eigenvalue weighted by Gasteiger charge is 2.35. The third kappa shape index (κ3) is 2.22. The van der Waals surface area contributed by atoms with Gasteiger partial charge in [0.15, 0.2) is 5.78 Å². The van der Waals surface area contributed by atoms with Gasteiger partial charge in [0.1, 0.15) is 5.75 Å². The highest BCUT2D eigenvalue weighted by Crippen LogP contribution is 2.39. The molecule has 1 aromatic rings. The number of rotatable bonds is 2. The summed E-state index contributed by atoms with van der Waals surface area (Å²) in [6, 6.07) is 6.13. The van der Waals surface area contributed by atoms with E-state index in [9.17, 15) is 9.90 Å². The van der Waals surface area contributed by atoms with Gasteiger partial charge in [0.25, 0.3) is 0 Å². The third-order valence-electron chi connectivity index (χ3n) is 4.70. The molecule has 0 aromatic heterocycles. The molecule has 2 atom stereocenters. The van der Waals surface area contributed by atoms with E-state index in [0.717, 1.165) is 18.2 Å². The Kier molecular flexibility index (Phi) is 3.21. The summed E-state index contributed by atoms with van der Waals surface area (Å²) in [5.74, 6) is 0.855. The smallest absolute Gasteiger partial charge is 0.163 e.